The summed E-state index contributed by atoms with van der Waals surface area (Å²) in [7, 11) is 1.60. The van der Waals surface area contributed by atoms with E-state index in [1.54, 1.807) is 19.2 Å². The molecule has 0 amide bonds. The van der Waals surface area contributed by atoms with Crippen LogP contribution in [0.25, 0.3) is 22.6 Å². The van der Waals surface area contributed by atoms with Crippen LogP contribution in [0, 0.1) is 0 Å². The fourth-order valence-electron chi connectivity index (χ4n) is 1.68. The Morgan fingerprint density at radius 2 is 1.89 bits per heavy atom. The van der Waals surface area contributed by atoms with Gasteiger partial charge in [-0.15, -0.1) is 0 Å². The predicted octanol–water partition coefficient (Wildman–Crippen LogP) is 4.81. The molecule has 94 valence electrons. The Bertz CT molecular complexity index is 629. The van der Waals surface area contributed by atoms with E-state index in [4.69, 9.17) is 10.3 Å². The van der Waals surface area contributed by atoms with Gasteiger partial charge >= 0.3 is 0 Å². The van der Waals surface area contributed by atoms with Crippen LogP contribution in [0.2, 0.25) is 0 Å². The molecule has 0 saturated heterocycles. The van der Waals surface area contributed by atoms with E-state index in [9.17, 15) is 0 Å². The molecule has 0 heterocycles. The topological polar surface area (TPSA) is 58.0 Å². The minimum absolute atomic E-state index is 0.579. The van der Waals surface area contributed by atoms with Crippen LogP contribution in [0.5, 0.6) is 5.75 Å². The van der Waals surface area contributed by atoms with E-state index in [0.717, 1.165) is 16.9 Å². The number of nitrogens with zero attached hydrogens (tertiary/aromatic N) is 3. The summed E-state index contributed by atoms with van der Waals surface area (Å²) < 4.78 is 5.17. The van der Waals surface area contributed by atoms with E-state index in [-0.39, 0.29) is 0 Å². The summed E-state index contributed by atoms with van der Waals surface area (Å²) in [6, 6.07) is 15.3. The summed E-state index contributed by atoms with van der Waals surface area (Å²) in [6.45, 7) is 0. The second kappa shape index (κ2) is 6.28. The molecule has 0 radical (unpaired) electrons. The van der Waals surface area contributed by atoms with Gasteiger partial charge in [-0.2, -0.15) is 0 Å². The largest absolute Gasteiger partial charge is 0.497 e. The van der Waals surface area contributed by atoms with Gasteiger partial charge in [-0.25, -0.2) is 0 Å². The molecular formula is C15H13N3O. The van der Waals surface area contributed by atoms with Crippen molar-refractivity contribution in [2.75, 3.05) is 7.11 Å². The Balaban J connectivity index is 2.37. The predicted molar refractivity (Wildman–Crippen MR) is 77.2 cm³/mol. The highest BCUT2D eigenvalue weighted by atomic mass is 16.5. The molecule has 0 aliphatic carbocycles. The maximum atomic E-state index is 8.56. The minimum Gasteiger partial charge on any atom is -0.497 e. The Labute approximate surface area is 111 Å². The van der Waals surface area contributed by atoms with Gasteiger partial charge < -0.3 is 4.74 Å². The first kappa shape index (κ1) is 12.7. The van der Waals surface area contributed by atoms with Gasteiger partial charge in [0.25, 0.3) is 0 Å². The zero-order chi connectivity index (χ0) is 13.5. The van der Waals surface area contributed by atoms with Gasteiger partial charge in [-0.1, -0.05) is 47.6 Å². The Morgan fingerprint density at radius 3 is 2.58 bits per heavy atom. The van der Waals surface area contributed by atoms with Gasteiger partial charge in [-0.3, -0.25) is 0 Å². The fourth-order valence-corrected chi connectivity index (χ4v) is 1.68. The summed E-state index contributed by atoms with van der Waals surface area (Å²) in [5.41, 5.74) is 11.0. The van der Waals surface area contributed by atoms with Gasteiger partial charge in [0.05, 0.1) is 7.11 Å². The average molecular weight is 251 g/mol. The number of rotatable bonds is 4. The fraction of sp³-hybridized carbons (Fsp3) is 0.0667. The Hall–Kier alpha value is -2.71. The lowest BCUT2D eigenvalue weighted by molar-refractivity contribution is 0.415. The van der Waals surface area contributed by atoms with Gasteiger partial charge in [-0.05, 0) is 34.9 Å². The molecule has 2 rings (SSSR count). The van der Waals surface area contributed by atoms with E-state index < -0.39 is 0 Å². The molecule has 0 spiro atoms. The quantitative estimate of drug-likeness (QED) is 0.333. The van der Waals surface area contributed by atoms with Crippen molar-refractivity contribution in [2.45, 2.75) is 0 Å². The molecule has 19 heavy (non-hydrogen) atoms. The lowest BCUT2D eigenvalue weighted by Gasteiger charge is -2.04. The molecular weight excluding hydrogens is 238 g/mol. The van der Waals surface area contributed by atoms with Crippen molar-refractivity contribution in [1.82, 2.24) is 0 Å². The molecule has 0 atom stereocenters. The van der Waals surface area contributed by atoms with E-state index >= 15 is 0 Å². The zero-order valence-corrected chi connectivity index (χ0v) is 10.5. The number of ether oxygens (including phenoxy) is 1. The number of hydrogen-bond donors (Lipinski definition) is 0. The highest BCUT2D eigenvalue weighted by molar-refractivity contribution is 5.76. The van der Waals surface area contributed by atoms with Crippen LogP contribution in [0.3, 0.4) is 0 Å². The smallest absolute Gasteiger partial charge is 0.119 e. The van der Waals surface area contributed by atoms with Gasteiger partial charge in [0, 0.05) is 10.6 Å². The van der Waals surface area contributed by atoms with Crippen LogP contribution in [-0.4, -0.2) is 7.11 Å². The number of hydrogen-bond acceptors (Lipinski definition) is 2. The lowest BCUT2D eigenvalue weighted by Crippen LogP contribution is -1.83. The van der Waals surface area contributed by atoms with Crippen molar-refractivity contribution in [3.63, 3.8) is 0 Å². The Morgan fingerprint density at radius 1 is 1.11 bits per heavy atom. The van der Waals surface area contributed by atoms with E-state index in [2.05, 4.69) is 10.0 Å². The standard InChI is InChI=1S/C15H13N3O/c1-19-14-9-10-15(17-18-16)13(11-14)8-7-12-5-3-2-4-6-12/h2-11H,1H3/b8-7+. The Kier molecular flexibility index (Phi) is 4.21. The van der Waals surface area contributed by atoms with E-state index in [1.807, 2.05) is 48.6 Å². The van der Waals surface area contributed by atoms with Crippen molar-refractivity contribution in [3.05, 3.63) is 70.1 Å². The normalized spacial score (nSPS) is 10.2. The summed E-state index contributed by atoms with van der Waals surface area (Å²) in [5, 5.41) is 3.67. The molecule has 0 aromatic heterocycles. The molecule has 4 nitrogen and oxygen atoms in total. The lowest BCUT2D eigenvalue weighted by atomic mass is 10.1. The van der Waals surface area contributed by atoms with Crippen LogP contribution in [0.15, 0.2) is 53.6 Å². The molecule has 0 fully saturated rings. The van der Waals surface area contributed by atoms with Crippen molar-refractivity contribution >= 4 is 17.8 Å². The van der Waals surface area contributed by atoms with Crippen LogP contribution in [0.1, 0.15) is 11.1 Å². The maximum Gasteiger partial charge on any atom is 0.119 e. The second-order valence-corrected chi connectivity index (χ2v) is 3.86. The first-order valence-electron chi connectivity index (χ1n) is 5.80. The van der Waals surface area contributed by atoms with Crippen molar-refractivity contribution in [3.8, 4) is 5.75 Å². The summed E-state index contributed by atoms with van der Waals surface area (Å²) >= 11 is 0. The molecule has 2 aromatic rings. The van der Waals surface area contributed by atoms with Gasteiger partial charge in [0.2, 0.25) is 0 Å². The van der Waals surface area contributed by atoms with Gasteiger partial charge in [0.15, 0.2) is 0 Å². The van der Waals surface area contributed by atoms with Crippen molar-refractivity contribution in [2.24, 2.45) is 5.11 Å². The molecule has 0 saturated carbocycles. The second-order valence-electron chi connectivity index (χ2n) is 3.86. The maximum absolute atomic E-state index is 8.56. The highest BCUT2D eigenvalue weighted by Crippen LogP contribution is 2.26. The van der Waals surface area contributed by atoms with E-state index in [1.165, 1.54) is 0 Å². The van der Waals surface area contributed by atoms with Crippen molar-refractivity contribution in [1.29, 1.82) is 0 Å². The summed E-state index contributed by atoms with van der Waals surface area (Å²) in [6.07, 6.45) is 3.87. The zero-order valence-electron chi connectivity index (χ0n) is 10.5. The summed E-state index contributed by atoms with van der Waals surface area (Å²) in [5.74, 6) is 0.726. The van der Waals surface area contributed by atoms with Crippen LogP contribution >= 0.6 is 0 Å². The number of benzene rings is 2. The van der Waals surface area contributed by atoms with E-state index in [0.29, 0.717) is 5.69 Å². The third-order valence-electron chi connectivity index (χ3n) is 2.64. The molecule has 0 bridgehead atoms. The molecule has 2 aromatic carbocycles. The molecule has 0 aliphatic rings. The van der Waals surface area contributed by atoms with Gasteiger partial charge in [0.1, 0.15) is 5.75 Å². The minimum atomic E-state index is 0.579. The van der Waals surface area contributed by atoms with Crippen molar-refractivity contribution < 1.29 is 4.74 Å². The third-order valence-corrected chi connectivity index (χ3v) is 2.64. The molecule has 0 unspecified atom stereocenters. The van der Waals surface area contributed by atoms with Crippen LogP contribution < -0.4 is 4.74 Å². The highest BCUT2D eigenvalue weighted by Gasteiger charge is 2.00. The number of methoxy groups -OCH3 is 1. The third kappa shape index (κ3) is 3.37. The average Bonchev–Trinajstić information content (AvgIpc) is 2.47. The van der Waals surface area contributed by atoms with Crippen LogP contribution in [0.4, 0.5) is 5.69 Å². The molecule has 4 heteroatoms. The van der Waals surface area contributed by atoms with Crippen LogP contribution in [-0.2, 0) is 0 Å². The molecule has 0 aliphatic heterocycles. The monoisotopic (exact) mass is 251 g/mol. The number of azide groups is 1. The summed E-state index contributed by atoms with van der Waals surface area (Å²) in [4.78, 5) is 2.83. The SMILES string of the molecule is COc1ccc(N=[N+]=[N-])c(/C=C/c2ccccc2)c1. The molecule has 0 N–H and O–H groups in total. The first-order chi connectivity index (χ1) is 9.33. The first-order valence-corrected chi connectivity index (χ1v) is 5.80.